The summed E-state index contributed by atoms with van der Waals surface area (Å²) in [4.78, 5) is 7.20. The molecule has 1 aromatic heterocycles. The summed E-state index contributed by atoms with van der Waals surface area (Å²) in [5.74, 6) is 0.414. The minimum atomic E-state index is 0. The molecule has 2 N–H and O–H groups in total. The van der Waals surface area contributed by atoms with Crippen molar-refractivity contribution in [2.24, 2.45) is 5.73 Å². The Kier molecular flexibility index (Phi) is 6.79. The van der Waals surface area contributed by atoms with Crippen LogP contribution in [-0.2, 0) is 6.54 Å². The van der Waals surface area contributed by atoms with Gasteiger partial charge in [0, 0.05) is 37.0 Å². The molecule has 0 saturated carbocycles. The first-order valence-corrected chi connectivity index (χ1v) is 8.17. The van der Waals surface area contributed by atoms with Crippen molar-refractivity contribution in [1.82, 2.24) is 9.88 Å². The maximum Gasteiger partial charge on any atom is 0.0705 e. The number of nitrogens with zero attached hydrogens (tertiary/aromatic N) is 2. The van der Waals surface area contributed by atoms with Crippen LogP contribution in [0.4, 0.5) is 0 Å². The molecule has 1 fully saturated rings. The fourth-order valence-electron chi connectivity index (χ4n) is 3.52. The third-order valence-electron chi connectivity index (χ3n) is 4.71. The average molecular weight is 376 g/mol. The minimum Gasteiger partial charge on any atom is -0.326 e. The molecule has 4 rings (SSSR count). The SMILES string of the molecule is Cl.Cl.N[C@@H]1CN(Cc2ccc3ccccc3n2)C[C@H]1c1ccccc1. The van der Waals surface area contributed by atoms with E-state index in [0.717, 1.165) is 30.8 Å². The van der Waals surface area contributed by atoms with Crippen LogP contribution >= 0.6 is 24.8 Å². The van der Waals surface area contributed by atoms with Crippen molar-refractivity contribution in [1.29, 1.82) is 0 Å². The summed E-state index contributed by atoms with van der Waals surface area (Å²) in [6.45, 7) is 2.79. The molecule has 0 bridgehead atoms. The van der Waals surface area contributed by atoms with Crippen molar-refractivity contribution in [3.05, 3.63) is 78.0 Å². The van der Waals surface area contributed by atoms with Crippen molar-refractivity contribution in [3.8, 4) is 0 Å². The Morgan fingerprint density at radius 2 is 1.60 bits per heavy atom. The summed E-state index contributed by atoms with van der Waals surface area (Å²) in [6.07, 6.45) is 0. The molecule has 5 heteroatoms. The molecule has 132 valence electrons. The van der Waals surface area contributed by atoms with Crippen molar-refractivity contribution >= 4 is 35.7 Å². The molecule has 2 heterocycles. The van der Waals surface area contributed by atoms with Gasteiger partial charge in [-0.3, -0.25) is 9.88 Å². The molecule has 0 amide bonds. The van der Waals surface area contributed by atoms with Crippen LogP contribution in [-0.4, -0.2) is 29.0 Å². The molecule has 0 unspecified atom stereocenters. The monoisotopic (exact) mass is 375 g/mol. The van der Waals surface area contributed by atoms with Gasteiger partial charge in [0.2, 0.25) is 0 Å². The molecule has 1 aliphatic heterocycles. The van der Waals surface area contributed by atoms with Crippen LogP contribution < -0.4 is 5.73 Å². The molecule has 2 atom stereocenters. The Labute approximate surface area is 161 Å². The molecule has 1 aliphatic rings. The number of fused-ring (bicyclic) bond motifs is 1. The molecular formula is C20H23Cl2N3. The van der Waals surface area contributed by atoms with Crippen LogP contribution in [0.5, 0.6) is 0 Å². The average Bonchev–Trinajstić information content (AvgIpc) is 2.96. The van der Waals surface area contributed by atoms with Gasteiger partial charge >= 0.3 is 0 Å². The highest BCUT2D eigenvalue weighted by atomic mass is 35.5. The molecule has 0 radical (unpaired) electrons. The lowest BCUT2D eigenvalue weighted by Crippen LogP contribution is -2.28. The van der Waals surface area contributed by atoms with E-state index in [2.05, 4.69) is 59.5 Å². The number of hydrogen-bond acceptors (Lipinski definition) is 3. The van der Waals surface area contributed by atoms with Gasteiger partial charge in [0.25, 0.3) is 0 Å². The molecular weight excluding hydrogens is 353 g/mol. The lowest BCUT2D eigenvalue weighted by Gasteiger charge is -2.16. The van der Waals surface area contributed by atoms with Gasteiger partial charge in [-0.05, 0) is 17.7 Å². The van der Waals surface area contributed by atoms with Crippen LogP contribution in [0.15, 0.2) is 66.7 Å². The zero-order valence-corrected chi connectivity index (χ0v) is 15.5. The standard InChI is InChI=1S/C20H21N3.2ClH/c21-19-14-23(13-18(19)15-6-2-1-3-7-15)12-17-11-10-16-8-4-5-9-20(16)22-17;;/h1-11,18-19H,12-14,21H2;2*1H/t18-,19+;;/m0../s1. The highest BCUT2D eigenvalue weighted by Crippen LogP contribution is 2.27. The smallest absolute Gasteiger partial charge is 0.0705 e. The molecule has 0 spiro atoms. The van der Waals surface area contributed by atoms with Gasteiger partial charge in [-0.2, -0.15) is 0 Å². The zero-order chi connectivity index (χ0) is 15.6. The third kappa shape index (κ3) is 4.31. The minimum absolute atomic E-state index is 0. The summed E-state index contributed by atoms with van der Waals surface area (Å²) in [5.41, 5.74) is 9.90. The Balaban J connectivity index is 0.00000113. The molecule has 3 nitrogen and oxygen atoms in total. The number of aromatic nitrogens is 1. The number of nitrogens with two attached hydrogens (primary N) is 1. The van der Waals surface area contributed by atoms with Gasteiger partial charge in [-0.1, -0.05) is 54.6 Å². The maximum absolute atomic E-state index is 6.38. The van der Waals surface area contributed by atoms with E-state index in [-0.39, 0.29) is 30.9 Å². The number of para-hydroxylation sites is 1. The highest BCUT2D eigenvalue weighted by molar-refractivity contribution is 5.85. The summed E-state index contributed by atoms with van der Waals surface area (Å²) in [5, 5.41) is 1.19. The Bertz CT molecular complexity index is 810. The zero-order valence-electron chi connectivity index (χ0n) is 13.9. The van der Waals surface area contributed by atoms with E-state index in [1.165, 1.54) is 10.9 Å². The first kappa shape index (κ1) is 19.7. The van der Waals surface area contributed by atoms with Crippen LogP contribution in [0.3, 0.4) is 0 Å². The van der Waals surface area contributed by atoms with Crippen LogP contribution in [0.2, 0.25) is 0 Å². The normalized spacial score (nSPS) is 20.0. The second kappa shape index (κ2) is 8.63. The van der Waals surface area contributed by atoms with Crippen LogP contribution in [0.25, 0.3) is 10.9 Å². The number of hydrogen-bond donors (Lipinski definition) is 1. The van der Waals surface area contributed by atoms with E-state index >= 15 is 0 Å². The Morgan fingerprint density at radius 1 is 0.880 bits per heavy atom. The summed E-state index contributed by atoms with van der Waals surface area (Å²) >= 11 is 0. The Morgan fingerprint density at radius 3 is 2.40 bits per heavy atom. The van der Waals surface area contributed by atoms with Crippen molar-refractivity contribution in [3.63, 3.8) is 0 Å². The number of rotatable bonds is 3. The summed E-state index contributed by atoms with van der Waals surface area (Å²) in [7, 11) is 0. The van der Waals surface area contributed by atoms with E-state index in [1.807, 2.05) is 12.1 Å². The highest BCUT2D eigenvalue weighted by Gasteiger charge is 2.31. The van der Waals surface area contributed by atoms with Gasteiger partial charge < -0.3 is 5.73 Å². The van der Waals surface area contributed by atoms with Gasteiger partial charge in [0.1, 0.15) is 0 Å². The van der Waals surface area contributed by atoms with Gasteiger partial charge in [-0.25, -0.2) is 0 Å². The number of pyridine rings is 1. The van der Waals surface area contributed by atoms with E-state index < -0.39 is 0 Å². The fourth-order valence-corrected chi connectivity index (χ4v) is 3.52. The van der Waals surface area contributed by atoms with Gasteiger partial charge in [-0.15, -0.1) is 24.8 Å². The predicted molar refractivity (Wildman–Crippen MR) is 109 cm³/mol. The third-order valence-corrected chi connectivity index (χ3v) is 4.71. The molecule has 2 aromatic carbocycles. The molecule has 3 aromatic rings. The number of halogens is 2. The molecule has 1 saturated heterocycles. The predicted octanol–water partition coefficient (Wildman–Crippen LogP) is 4.01. The lowest BCUT2D eigenvalue weighted by atomic mass is 9.95. The van der Waals surface area contributed by atoms with E-state index in [1.54, 1.807) is 0 Å². The van der Waals surface area contributed by atoms with Crippen molar-refractivity contribution in [2.75, 3.05) is 13.1 Å². The second-order valence-corrected chi connectivity index (χ2v) is 6.37. The van der Waals surface area contributed by atoms with E-state index in [0.29, 0.717) is 5.92 Å². The van der Waals surface area contributed by atoms with Crippen molar-refractivity contribution < 1.29 is 0 Å². The lowest BCUT2D eigenvalue weighted by molar-refractivity contribution is 0.320. The van der Waals surface area contributed by atoms with E-state index in [4.69, 9.17) is 10.7 Å². The van der Waals surface area contributed by atoms with Crippen LogP contribution in [0, 0.1) is 0 Å². The first-order chi connectivity index (χ1) is 11.3. The van der Waals surface area contributed by atoms with Gasteiger partial charge in [0.05, 0.1) is 11.2 Å². The maximum atomic E-state index is 6.38. The summed E-state index contributed by atoms with van der Waals surface area (Å²) < 4.78 is 0. The summed E-state index contributed by atoms with van der Waals surface area (Å²) in [6, 6.07) is 23.3. The number of likely N-dealkylation sites (tertiary alicyclic amines) is 1. The first-order valence-electron chi connectivity index (χ1n) is 8.17. The largest absolute Gasteiger partial charge is 0.326 e. The van der Waals surface area contributed by atoms with Gasteiger partial charge in [0.15, 0.2) is 0 Å². The molecule has 25 heavy (non-hydrogen) atoms. The molecule has 0 aliphatic carbocycles. The van der Waals surface area contributed by atoms with Crippen LogP contribution in [0.1, 0.15) is 17.2 Å². The topological polar surface area (TPSA) is 42.1 Å². The number of benzene rings is 2. The fraction of sp³-hybridized carbons (Fsp3) is 0.250. The quantitative estimate of drug-likeness (QED) is 0.751. The second-order valence-electron chi connectivity index (χ2n) is 6.37. The van der Waals surface area contributed by atoms with E-state index in [9.17, 15) is 0 Å². The van der Waals surface area contributed by atoms with Crippen molar-refractivity contribution in [2.45, 2.75) is 18.5 Å². The Hall–Kier alpha value is -1.65.